The molecular formula is C46H28Cl2F2N8O8. The van der Waals surface area contributed by atoms with Crippen molar-refractivity contribution in [2.24, 2.45) is 0 Å². The number of rotatable bonds is 14. The Morgan fingerprint density at radius 3 is 1.29 bits per heavy atom. The van der Waals surface area contributed by atoms with Crippen molar-refractivity contribution in [2.75, 3.05) is 0 Å². The molecule has 0 fully saturated rings. The minimum Gasteiger partial charge on any atom is -0.453 e. The second kappa shape index (κ2) is 20.7. The van der Waals surface area contributed by atoms with Crippen LogP contribution in [0.25, 0.3) is 0 Å². The number of nitriles is 4. The van der Waals surface area contributed by atoms with Gasteiger partial charge in [-0.1, -0.05) is 35.3 Å². The second-order valence-corrected chi connectivity index (χ2v) is 14.8. The first-order valence-corrected chi connectivity index (χ1v) is 19.7. The zero-order valence-corrected chi connectivity index (χ0v) is 35.8. The van der Waals surface area contributed by atoms with E-state index in [-0.39, 0.29) is 102 Å². The van der Waals surface area contributed by atoms with Crippen molar-refractivity contribution in [1.82, 2.24) is 19.6 Å². The van der Waals surface area contributed by atoms with Gasteiger partial charge in [0, 0.05) is 36.1 Å². The van der Waals surface area contributed by atoms with Gasteiger partial charge < -0.3 is 18.9 Å². The standard InChI is InChI=1S/C46H28Cl2F2N8O8/c1-25-9-33(17-31-3-5-37(47)43(41(31)49)65-35-13-27(19-51)11-28(14-35)20-52)55-57(45(25)61)23-63-39(59)7-8-40(60)64-24-58-46(62)26(2)10-34(56-58)18-32-4-6-38(48)44(42(32)50)66-36-15-29(21-53)12-30(16-36)22-54/h3-16H,17-18,23-24H2,1-2H3/b8-7-. The number of esters is 2. The Hall–Kier alpha value is -8.68. The third kappa shape index (κ3) is 11.3. The monoisotopic (exact) mass is 928 g/mol. The molecule has 0 spiro atoms. The molecule has 0 aliphatic rings. The van der Waals surface area contributed by atoms with Crippen molar-refractivity contribution in [2.45, 2.75) is 40.2 Å². The van der Waals surface area contributed by atoms with Gasteiger partial charge in [-0.05, 0) is 85.6 Å². The van der Waals surface area contributed by atoms with E-state index in [0.717, 1.165) is 9.36 Å². The normalized spacial score (nSPS) is 10.6. The molecule has 2 heterocycles. The van der Waals surface area contributed by atoms with Crippen LogP contribution < -0.4 is 20.6 Å². The van der Waals surface area contributed by atoms with E-state index in [1.54, 1.807) is 0 Å². The van der Waals surface area contributed by atoms with E-state index in [0.29, 0.717) is 12.2 Å². The Bertz CT molecular complexity index is 3010. The molecule has 16 nitrogen and oxygen atoms in total. The summed E-state index contributed by atoms with van der Waals surface area (Å²) in [5.41, 5.74) is -0.0326. The van der Waals surface area contributed by atoms with Gasteiger partial charge in [0.1, 0.15) is 11.5 Å². The molecular weight excluding hydrogens is 901 g/mol. The number of aryl methyl sites for hydroxylation is 2. The second-order valence-electron chi connectivity index (χ2n) is 14.0. The van der Waals surface area contributed by atoms with Gasteiger partial charge in [-0.3, -0.25) is 9.59 Å². The van der Waals surface area contributed by atoms with E-state index in [4.69, 9.17) is 42.1 Å². The van der Waals surface area contributed by atoms with Crippen LogP contribution in [-0.2, 0) is 45.4 Å². The van der Waals surface area contributed by atoms with Crippen LogP contribution in [0, 0.1) is 70.8 Å². The van der Waals surface area contributed by atoms with Gasteiger partial charge in [0.2, 0.25) is 0 Å². The fraction of sp³-hybridized carbons (Fsp3) is 0.130. The highest BCUT2D eigenvalue weighted by molar-refractivity contribution is 6.32. The summed E-state index contributed by atoms with van der Waals surface area (Å²) in [7, 11) is 0. The number of ether oxygens (including phenoxy) is 4. The highest BCUT2D eigenvalue weighted by Gasteiger charge is 2.20. The predicted molar refractivity (Wildman–Crippen MR) is 228 cm³/mol. The maximum Gasteiger partial charge on any atom is 0.332 e. The van der Waals surface area contributed by atoms with Crippen LogP contribution in [0.1, 0.15) is 55.9 Å². The third-order valence-electron chi connectivity index (χ3n) is 9.19. The van der Waals surface area contributed by atoms with Crippen LogP contribution in [0.2, 0.25) is 10.0 Å². The fourth-order valence-corrected chi connectivity index (χ4v) is 6.49. The number of carbonyl (C=O) groups is 2. The lowest BCUT2D eigenvalue weighted by atomic mass is 10.1. The first kappa shape index (κ1) is 46.8. The van der Waals surface area contributed by atoms with E-state index in [1.807, 2.05) is 24.3 Å². The van der Waals surface area contributed by atoms with Crippen LogP contribution in [0.4, 0.5) is 8.78 Å². The fourth-order valence-electron chi connectivity index (χ4n) is 6.13. The molecule has 0 saturated heterocycles. The first-order valence-electron chi connectivity index (χ1n) is 19.0. The van der Waals surface area contributed by atoms with Crippen LogP contribution in [0.15, 0.2) is 94.5 Å². The van der Waals surface area contributed by atoms with Gasteiger partial charge in [0.25, 0.3) is 11.1 Å². The Labute approximate surface area is 382 Å². The smallest absolute Gasteiger partial charge is 0.332 e. The van der Waals surface area contributed by atoms with Gasteiger partial charge >= 0.3 is 11.9 Å². The number of benzene rings is 4. The maximum atomic E-state index is 15.8. The average molecular weight is 930 g/mol. The lowest BCUT2D eigenvalue weighted by Crippen LogP contribution is -2.28. The molecule has 4 aromatic carbocycles. The number of carbonyl (C=O) groups excluding carboxylic acids is 2. The molecule has 0 aliphatic heterocycles. The predicted octanol–water partition coefficient (Wildman–Crippen LogP) is 7.51. The van der Waals surface area contributed by atoms with Crippen LogP contribution >= 0.6 is 23.2 Å². The highest BCUT2D eigenvalue weighted by atomic mass is 35.5. The summed E-state index contributed by atoms with van der Waals surface area (Å²) in [6.07, 6.45) is 1.06. The van der Waals surface area contributed by atoms with Crippen molar-refractivity contribution >= 4 is 35.1 Å². The minimum atomic E-state index is -1.08. The van der Waals surface area contributed by atoms with Gasteiger partial charge in [0.15, 0.2) is 36.6 Å². The van der Waals surface area contributed by atoms with Gasteiger partial charge in [0.05, 0.1) is 68.0 Å². The summed E-state index contributed by atoms with van der Waals surface area (Å²) in [5, 5.41) is 45.3. The van der Waals surface area contributed by atoms with Crippen molar-refractivity contribution in [1.29, 1.82) is 21.0 Å². The molecule has 0 bridgehead atoms. The summed E-state index contributed by atoms with van der Waals surface area (Å²) in [5.74, 6) is -4.68. The number of aromatic nitrogens is 4. The van der Waals surface area contributed by atoms with Crippen molar-refractivity contribution < 1.29 is 37.3 Å². The van der Waals surface area contributed by atoms with Crippen LogP contribution in [-0.4, -0.2) is 31.5 Å². The molecule has 2 aromatic heterocycles. The molecule has 0 radical (unpaired) electrons. The van der Waals surface area contributed by atoms with Crippen molar-refractivity contribution in [3.8, 4) is 47.3 Å². The SMILES string of the molecule is Cc1cc(Cc2ccc(Cl)c(Oc3cc(C#N)cc(C#N)c3)c2F)nn(COC(=O)/C=C\C(=O)OCn2nc(Cc3ccc(Cl)c(Oc4cc(C#N)cc(C#N)c4)c3F)cc(C)c2=O)c1=O. The van der Waals surface area contributed by atoms with E-state index in [2.05, 4.69) is 10.2 Å². The average Bonchev–Trinajstić information content (AvgIpc) is 3.31. The Kier molecular flexibility index (Phi) is 14.7. The summed E-state index contributed by atoms with van der Waals surface area (Å²) in [6.45, 7) is 1.53. The summed E-state index contributed by atoms with van der Waals surface area (Å²) >= 11 is 12.5. The van der Waals surface area contributed by atoms with Crippen LogP contribution in [0.5, 0.6) is 23.0 Å². The Morgan fingerprint density at radius 2 is 0.955 bits per heavy atom. The zero-order chi connectivity index (χ0) is 47.7. The minimum absolute atomic E-state index is 0.00364. The molecule has 0 amide bonds. The molecule has 6 aromatic rings. The molecule has 0 atom stereocenters. The molecule has 0 N–H and O–H groups in total. The van der Waals surface area contributed by atoms with E-state index in [9.17, 15) is 40.2 Å². The molecule has 328 valence electrons. The lowest BCUT2D eigenvalue weighted by molar-refractivity contribution is -0.144. The first-order chi connectivity index (χ1) is 31.6. The Balaban J connectivity index is 1.08. The third-order valence-corrected chi connectivity index (χ3v) is 9.79. The number of hydrogen-bond acceptors (Lipinski definition) is 14. The quantitative estimate of drug-likeness (QED) is 0.0759. The summed E-state index contributed by atoms with van der Waals surface area (Å²) in [4.78, 5) is 50.8. The lowest BCUT2D eigenvalue weighted by Gasteiger charge is -2.13. The Morgan fingerprint density at radius 1 is 0.606 bits per heavy atom. The summed E-state index contributed by atoms with van der Waals surface area (Å²) < 4.78 is 54.7. The van der Waals surface area contributed by atoms with Crippen molar-refractivity contribution in [3.63, 3.8) is 0 Å². The molecule has 66 heavy (non-hydrogen) atoms. The molecule has 0 aliphatic carbocycles. The molecule has 0 saturated carbocycles. The van der Waals surface area contributed by atoms with E-state index >= 15 is 8.78 Å². The zero-order valence-electron chi connectivity index (χ0n) is 34.3. The van der Waals surface area contributed by atoms with Crippen LogP contribution in [0.3, 0.4) is 0 Å². The van der Waals surface area contributed by atoms with E-state index in [1.165, 1.54) is 86.6 Å². The van der Waals surface area contributed by atoms with Crippen molar-refractivity contribution in [3.05, 3.63) is 183 Å². The largest absolute Gasteiger partial charge is 0.453 e. The van der Waals surface area contributed by atoms with E-state index < -0.39 is 48.2 Å². The molecule has 0 unspecified atom stereocenters. The van der Waals surface area contributed by atoms with Gasteiger partial charge in [-0.15, -0.1) is 0 Å². The summed E-state index contributed by atoms with van der Waals surface area (Å²) in [6, 6.07) is 23.8. The number of halogens is 4. The molecule has 20 heteroatoms. The number of hydrogen-bond donors (Lipinski definition) is 0. The molecule has 6 rings (SSSR count). The number of nitrogens with zero attached hydrogens (tertiary/aromatic N) is 8. The van der Waals surface area contributed by atoms with Gasteiger partial charge in [-0.25, -0.2) is 18.4 Å². The highest BCUT2D eigenvalue weighted by Crippen LogP contribution is 2.37. The topological polar surface area (TPSA) is 236 Å². The van der Waals surface area contributed by atoms with Gasteiger partial charge in [-0.2, -0.15) is 40.6 Å². The maximum absolute atomic E-state index is 15.8.